The van der Waals surface area contributed by atoms with Crippen molar-refractivity contribution in [3.05, 3.63) is 55.0 Å². The minimum Gasteiger partial charge on any atom is -0.487 e. The normalized spacial score (nSPS) is 19.5. The number of nitrogens with zero attached hydrogens (tertiary/aromatic N) is 9. The molecule has 1 saturated heterocycles. The van der Waals surface area contributed by atoms with Gasteiger partial charge in [0.15, 0.2) is 0 Å². The highest BCUT2D eigenvalue weighted by atomic mass is 16.5. The maximum Gasteiger partial charge on any atom is 0.257 e. The van der Waals surface area contributed by atoms with Crippen molar-refractivity contribution in [1.29, 1.82) is 5.26 Å². The van der Waals surface area contributed by atoms with E-state index in [1.807, 2.05) is 29.9 Å². The molecule has 1 aliphatic carbocycles. The third-order valence-electron chi connectivity index (χ3n) is 8.20. The van der Waals surface area contributed by atoms with E-state index in [2.05, 4.69) is 36.3 Å². The number of nitrogens with one attached hydrogen (secondary N) is 1. The Hall–Kier alpha value is -4.58. The number of aliphatic hydroxyl groups is 1. The van der Waals surface area contributed by atoms with Gasteiger partial charge in [0.2, 0.25) is 5.95 Å². The summed E-state index contributed by atoms with van der Waals surface area (Å²) in [5, 5.41) is 31.1. The number of hydrogen-bond acceptors (Lipinski definition) is 12. The molecule has 1 aliphatic heterocycles. The van der Waals surface area contributed by atoms with E-state index in [-0.39, 0.29) is 25.4 Å². The van der Waals surface area contributed by atoms with E-state index < -0.39 is 0 Å². The third-order valence-corrected chi connectivity index (χ3v) is 8.20. The van der Waals surface area contributed by atoms with Crippen molar-refractivity contribution in [1.82, 2.24) is 39.4 Å². The number of hydrogen-bond donors (Lipinski definition) is 2. The number of aliphatic hydroxyl groups excluding tert-OH is 1. The molecule has 4 aromatic rings. The molecule has 0 spiro atoms. The fourth-order valence-corrected chi connectivity index (χ4v) is 5.93. The number of anilines is 2. The number of aromatic nitrogens is 7. The molecule has 45 heavy (non-hydrogen) atoms. The lowest BCUT2D eigenvalue weighted by Gasteiger charge is -2.38. The van der Waals surface area contributed by atoms with Gasteiger partial charge in [-0.2, -0.15) is 10.4 Å². The van der Waals surface area contributed by atoms with Gasteiger partial charge in [-0.05, 0) is 50.3 Å². The van der Waals surface area contributed by atoms with Crippen LogP contribution in [0.4, 0.5) is 11.6 Å². The summed E-state index contributed by atoms with van der Waals surface area (Å²) in [7, 11) is 0. The highest BCUT2D eigenvalue weighted by Gasteiger charge is 2.29. The van der Waals surface area contributed by atoms with Crippen LogP contribution in [0.15, 0.2) is 49.4 Å². The molecule has 1 atom stereocenters. The Labute approximate surface area is 261 Å². The van der Waals surface area contributed by atoms with Crippen LogP contribution < -0.4 is 14.8 Å². The second kappa shape index (κ2) is 14.5. The molecular weight excluding hydrogens is 576 g/mol. The molecule has 236 valence electrons. The van der Waals surface area contributed by atoms with E-state index >= 15 is 0 Å². The van der Waals surface area contributed by atoms with Crippen molar-refractivity contribution in [2.24, 2.45) is 0 Å². The Morgan fingerprint density at radius 1 is 1.11 bits per heavy atom. The first kappa shape index (κ1) is 30.4. The number of ether oxygens (including phenoxy) is 3. The second-order valence-corrected chi connectivity index (χ2v) is 11.3. The smallest absolute Gasteiger partial charge is 0.257 e. The minimum atomic E-state index is -0.236. The molecule has 1 saturated carbocycles. The van der Waals surface area contributed by atoms with Crippen molar-refractivity contribution in [2.75, 3.05) is 44.8 Å². The van der Waals surface area contributed by atoms with Gasteiger partial charge in [-0.3, -0.25) is 9.58 Å². The number of rotatable bonds is 12. The summed E-state index contributed by atoms with van der Waals surface area (Å²) >= 11 is 0. The summed E-state index contributed by atoms with van der Waals surface area (Å²) in [6.45, 7) is 6.08. The van der Waals surface area contributed by atoms with Gasteiger partial charge in [0, 0.05) is 37.1 Å². The Balaban J connectivity index is 1.12. The molecule has 2 aliphatic rings. The minimum absolute atomic E-state index is 0.113. The highest BCUT2D eigenvalue weighted by molar-refractivity contribution is 5.67. The zero-order chi connectivity index (χ0) is 31.0. The van der Waals surface area contributed by atoms with Gasteiger partial charge < -0.3 is 24.6 Å². The van der Waals surface area contributed by atoms with Crippen LogP contribution in [0.25, 0.3) is 11.1 Å². The van der Waals surface area contributed by atoms with E-state index in [0.717, 1.165) is 63.1 Å². The molecular formula is C31H38N10O4. The molecule has 0 bridgehead atoms. The molecule has 14 nitrogen and oxygen atoms in total. The van der Waals surface area contributed by atoms with Crippen molar-refractivity contribution >= 4 is 11.6 Å². The lowest BCUT2D eigenvalue weighted by Crippen LogP contribution is -2.45. The lowest BCUT2D eigenvalue weighted by atomic mass is 9.90. The predicted octanol–water partition coefficient (Wildman–Crippen LogP) is 3.20. The first-order chi connectivity index (χ1) is 22.1. The maximum atomic E-state index is 9.63. The molecule has 3 aromatic heterocycles. The summed E-state index contributed by atoms with van der Waals surface area (Å²) in [6, 6.07) is 8.45. The van der Waals surface area contributed by atoms with Gasteiger partial charge in [-0.25, -0.2) is 19.6 Å². The average molecular weight is 615 g/mol. The van der Waals surface area contributed by atoms with Crippen molar-refractivity contribution < 1.29 is 19.3 Å². The Bertz CT molecular complexity index is 1560. The number of benzene rings is 1. The number of nitriles is 1. The summed E-state index contributed by atoms with van der Waals surface area (Å²) in [5.74, 6) is 1.26. The predicted molar refractivity (Wildman–Crippen MR) is 164 cm³/mol. The molecule has 0 radical (unpaired) electrons. The monoisotopic (exact) mass is 614 g/mol. The largest absolute Gasteiger partial charge is 0.487 e. The van der Waals surface area contributed by atoms with Crippen molar-refractivity contribution in [3.63, 3.8) is 0 Å². The fraction of sp³-hybridized carbons (Fsp3) is 0.484. The maximum absolute atomic E-state index is 9.63. The molecule has 0 unspecified atom stereocenters. The van der Waals surface area contributed by atoms with Gasteiger partial charge in [0.25, 0.3) is 5.88 Å². The van der Waals surface area contributed by atoms with E-state index in [4.69, 9.17) is 19.3 Å². The molecule has 1 aromatic carbocycles. The highest BCUT2D eigenvalue weighted by Crippen LogP contribution is 2.35. The molecule has 14 heteroatoms. The lowest BCUT2D eigenvalue weighted by molar-refractivity contribution is 0.00502. The van der Waals surface area contributed by atoms with Gasteiger partial charge in [-0.15, -0.1) is 5.10 Å². The van der Waals surface area contributed by atoms with Crippen LogP contribution >= 0.6 is 0 Å². The molecule has 2 fully saturated rings. The quantitative estimate of drug-likeness (QED) is 0.240. The molecule has 0 amide bonds. The van der Waals surface area contributed by atoms with Crippen LogP contribution in [-0.4, -0.2) is 96.2 Å². The van der Waals surface area contributed by atoms with Crippen LogP contribution in [-0.2, 0) is 11.3 Å². The van der Waals surface area contributed by atoms with E-state index in [1.54, 1.807) is 29.5 Å². The van der Waals surface area contributed by atoms with Gasteiger partial charge in [0.05, 0.1) is 44.2 Å². The third kappa shape index (κ3) is 7.56. The standard InChI is InChI=1S/C31H38N10O4/c1-22(18-40-21-33-20-36-40)45-29-14-23(2-3-24(29)15-32)25-16-34-31(35-17-25)37-28-19-41(38-30(28)44-13-10-42)27-6-4-26(5-7-27)39-8-11-43-12-9-39/h2-3,14,16-17,19-22,26-27,42H,4-13,18H2,1H3,(H,34,35,37)/t22-,26?,27?/m0/s1. The fourth-order valence-electron chi connectivity index (χ4n) is 5.93. The zero-order valence-corrected chi connectivity index (χ0v) is 25.3. The molecule has 2 N–H and O–H groups in total. The first-order valence-corrected chi connectivity index (χ1v) is 15.4. The van der Waals surface area contributed by atoms with Gasteiger partial charge >= 0.3 is 0 Å². The van der Waals surface area contributed by atoms with Crippen LogP contribution in [0.5, 0.6) is 11.6 Å². The van der Waals surface area contributed by atoms with Crippen LogP contribution in [0, 0.1) is 11.3 Å². The summed E-state index contributed by atoms with van der Waals surface area (Å²) < 4.78 is 21.0. The van der Waals surface area contributed by atoms with Gasteiger partial charge in [-0.1, -0.05) is 6.07 Å². The van der Waals surface area contributed by atoms with Crippen LogP contribution in [0.2, 0.25) is 0 Å². The summed E-state index contributed by atoms with van der Waals surface area (Å²) in [5.41, 5.74) is 2.66. The topological polar surface area (TPSA) is 161 Å². The SMILES string of the molecule is C[C@@H](Cn1cncn1)Oc1cc(-c2cnc(Nc3cn(C4CCC(N5CCOCC5)CC4)nc3OCCO)nc2)ccc1C#N. The van der Waals surface area contributed by atoms with Crippen LogP contribution in [0.3, 0.4) is 0 Å². The van der Waals surface area contributed by atoms with Crippen molar-refractivity contribution in [2.45, 2.75) is 57.3 Å². The van der Waals surface area contributed by atoms with Crippen molar-refractivity contribution in [3.8, 4) is 28.8 Å². The summed E-state index contributed by atoms with van der Waals surface area (Å²) in [6.07, 6.45) is 12.5. The molecule has 4 heterocycles. The summed E-state index contributed by atoms with van der Waals surface area (Å²) in [4.78, 5) is 15.6. The van der Waals surface area contributed by atoms with E-state index in [9.17, 15) is 10.4 Å². The average Bonchev–Trinajstić information content (AvgIpc) is 3.74. The van der Waals surface area contributed by atoms with Crippen LogP contribution in [0.1, 0.15) is 44.2 Å². The first-order valence-electron chi connectivity index (χ1n) is 15.4. The van der Waals surface area contributed by atoms with Gasteiger partial charge in [0.1, 0.15) is 42.9 Å². The zero-order valence-electron chi connectivity index (χ0n) is 25.3. The Kier molecular flexibility index (Phi) is 9.79. The number of morpholine rings is 1. The second-order valence-electron chi connectivity index (χ2n) is 11.3. The Morgan fingerprint density at radius 2 is 1.89 bits per heavy atom. The Morgan fingerprint density at radius 3 is 2.60 bits per heavy atom. The van der Waals surface area contributed by atoms with E-state index in [0.29, 0.717) is 41.4 Å². The molecule has 6 rings (SSSR count). The van der Waals surface area contributed by atoms with E-state index in [1.165, 1.54) is 6.33 Å².